The van der Waals surface area contributed by atoms with Gasteiger partial charge in [0.15, 0.2) is 0 Å². The summed E-state index contributed by atoms with van der Waals surface area (Å²) < 4.78 is 0. The van der Waals surface area contributed by atoms with E-state index in [0.29, 0.717) is 18.9 Å². The highest BCUT2D eigenvalue weighted by Crippen LogP contribution is 2.28. The van der Waals surface area contributed by atoms with Crippen LogP contribution in [0.4, 0.5) is 10.6 Å². The fourth-order valence-electron chi connectivity index (χ4n) is 2.27. The van der Waals surface area contributed by atoms with Gasteiger partial charge in [0.1, 0.15) is 11.0 Å². The number of rotatable bonds is 2. The SMILES string of the molecule is CC1(CO)CN(C(=O)O)CCN1c1cc(Cl)nc(Cl)n1. The molecule has 1 unspecified atom stereocenters. The van der Waals surface area contributed by atoms with E-state index in [9.17, 15) is 9.90 Å². The summed E-state index contributed by atoms with van der Waals surface area (Å²) in [6.45, 7) is 2.39. The summed E-state index contributed by atoms with van der Waals surface area (Å²) in [5.41, 5.74) is -0.794. The number of aromatic nitrogens is 2. The Hall–Kier alpha value is -1.31. The predicted molar refractivity (Wildman–Crippen MR) is 74.5 cm³/mol. The first-order chi connectivity index (χ1) is 9.35. The highest BCUT2D eigenvalue weighted by Gasteiger charge is 2.40. The molecular weight excluding hydrogens is 307 g/mol. The first-order valence-corrected chi connectivity index (χ1v) is 6.68. The summed E-state index contributed by atoms with van der Waals surface area (Å²) in [5, 5.41) is 18.9. The molecule has 0 aromatic carbocycles. The van der Waals surface area contributed by atoms with Gasteiger partial charge in [-0.3, -0.25) is 0 Å². The van der Waals surface area contributed by atoms with Gasteiger partial charge in [-0.25, -0.2) is 14.8 Å². The molecule has 2 rings (SSSR count). The van der Waals surface area contributed by atoms with Crippen molar-refractivity contribution >= 4 is 35.1 Å². The first-order valence-electron chi connectivity index (χ1n) is 5.92. The van der Waals surface area contributed by atoms with Crippen LogP contribution < -0.4 is 4.90 Å². The van der Waals surface area contributed by atoms with Crippen LogP contribution in [-0.4, -0.2) is 63.0 Å². The second kappa shape index (κ2) is 5.59. The maximum Gasteiger partial charge on any atom is 0.407 e. The highest BCUT2D eigenvalue weighted by molar-refractivity contribution is 6.32. The molecule has 1 aromatic rings. The Morgan fingerprint density at radius 3 is 2.70 bits per heavy atom. The standard InChI is InChI=1S/C11H14Cl2N4O3/c1-11(6-18)5-16(10(19)20)2-3-17(11)8-4-7(12)14-9(13)15-8/h4,18H,2-3,5-6H2,1H3,(H,19,20). The molecule has 20 heavy (non-hydrogen) atoms. The van der Waals surface area contributed by atoms with E-state index in [2.05, 4.69) is 9.97 Å². The molecule has 0 aliphatic carbocycles. The van der Waals surface area contributed by atoms with E-state index >= 15 is 0 Å². The summed E-state index contributed by atoms with van der Waals surface area (Å²) in [5.74, 6) is 0.469. The smallest absolute Gasteiger partial charge is 0.407 e. The fourth-order valence-corrected chi connectivity index (χ4v) is 2.67. The number of nitrogens with zero attached hydrogens (tertiary/aromatic N) is 4. The van der Waals surface area contributed by atoms with E-state index in [1.54, 1.807) is 11.8 Å². The molecule has 0 bridgehead atoms. The number of piperazine rings is 1. The molecule has 1 fully saturated rings. The number of hydrogen-bond acceptors (Lipinski definition) is 5. The number of halogens is 2. The Kier molecular flexibility index (Phi) is 4.22. The monoisotopic (exact) mass is 320 g/mol. The lowest BCUT2D eigenvalue weighted by Crippen LogP contribution is -2.64. The van der Waals surface area contributed by atoms with E-state index < -0.39 is 11.6 Å². The van der Waals surface area contributed by atoms with E-state index in [0.717, 1.165) is 0 Å². The molecule has 1 aliphatic rings. The van der Waals surface area contributed by atoms with E-state index in [4.69, 9.17) is 28.3 Å². The highest BCUT2D eigenvalue weighted by atomic mass is 35.5. The van der Waals surface area contributed by atoms with E-state index in [-0.39, 0.29) is 23.6 Å². The van der Waals surface area contributed by atoms with Crippen LogP contribution in [0.2, 0.25) is 10.4 Å². The van der Waals surface area contributed by atoms with Gasteiger partial charge >= 0.3 is 6.09 Å². The predicted octanol–water partition coefficient (Wildman–Crippen LogP) is 1.33. The second-order valence-corrected chi connectivity index (χ2v) is 5.55. The third kappa shape index (κ3) is 2.89. The van der Waals surface area contributed by atoms with Crippen molar-refractivity contribution < 1.29 is 15.0 Å². The summed E-state index contributed by atoms with van der Waals surface area (Å²) >= 11 is 11.6. The molecule has 9 heteroatoms. The molecular formula is C11H14Cl2N4O3. The second-order valence-electron chi connectivity index (χ2n) is 4.83. The Morgan fingerprint density at radius 2 is 2.15 bits per heavy atom. The molecule has 110 valence electrons. The molecule has 2 heterocycles. The van der Waals surface area contributed by atoms with Crippen molar-refractivity contribution in [1.29, 1.82) is 0 Å². The lowest BCUT2D eigenvalue weighted by Gasteiger charge is -2.47. The maximum absolute atomic E-state index is 11.1. The topological polar surface area (TPSA) is 89.8 Å². The number of carboxylic acid groups (broad SMARTS) is 1. The first kappa shape index (κ1) is 15.1. The van der Waals surface area contributed by atoms with Gasteiger partial charge in [-0.15, -0.1) is 0 Å². The van der Waals surface area contributed by atoms with Gasteiger partial charge in [0, 0.05) is 25.7 Å². The van der Waals surface area contributed by atoms with Crippen LogP contribution in [0.5, 0.6) is 0 Å². The quantitative estimate of drug-likeness (QED) is 0.631. The minimum Gasteiger partial charge on any atom is -0.465 e. The Labute approximate surface area is 125 Å². The largest absolute Gasteiger partial charge is 0.465 e. The average Bonchev–Trinajstić information content (AvgIpc) is 2.37. The van der Waals surface area contributed by atoms with Gasteiger partial charge in [-0.1, -0.05) is 11.6 Å². The van der Waals surface area contributed by atoms with Crippen LogP contribution in [0.15, 0.2) is 6.07 Å². The van der Waals surface area contributed by atoms with Crippen LogP contribution >= 0.6 is 23.2 Å². The summed E-state index contributed by atoms with van der Waals surface area (Å²) in [7, 11) is 0. The van der Waals surface area contributed by atoms with Crippen molar-refractivity contribution in [3.05, 3.63) is 16.5 Å². The zero-order valence-corrected chi connectivity index (χ0v) is 12.3. The summed E-state index contributed by atoms with van der Waals surface area (Å²) in [6, 6.07) is 1.54. The molecule has 1 saturated heterocycles. The maximum atomic E-state index is 11.1. The van der Waals surface area contributed by atoms with Crippen molar-refractivity contribution in [2.24, 2.45) is 0 Å². The number of hydrogen-bond donors (Lipinski definition) is 2. The van der Waals surface area contributed by atoms with Crippen LogP contribution in [0.25, 0.3) is 0 Å². The summed E-state index contributed by atoms with van der Waals surface area (Å²) in [6.07, 6.45) is -1.01. The van der Waals surface area contributed by atoms with Crippen molar-refractivity contribution in [2.45, 2.75) is 12.5 Å². The van der Waals surface area contributed by atoms with Crippen molar-refractivity contribution in [1.82, 2.24) is 14.9 Å². The molecule has 1 aliphatic heterocycles. The molecule has 1 atom stereocenters. The molecule has 2 N–H and O–H groups in total. The van der Waals surface area contributed by atoms with Gasteiger partial charge in [0.2, 0.25) is 5.28 Å². The fraction of sp³-hybridized carbons (Fsp3) is 0.545. The van der Waals surface area contributed by atoms with E-state index in [1.165, 1.54) is 11.0 Å². The van der Waals surface area contributed by atoms with Crippen LogP contribution in [0.3, 0.4) is 0 Å². The Bertz CT molecular complexity index is 510. The minimum absolute atomic E-state index is 0.00783. The van der Waals surface area contributed by atoms with Crippen LogP contribution in [0, 0.1) is 0 Å². The third-order valence-corrected chi connectivity index (χ3v) is 3.68. The van der Waals surface area contributed by atoms with Crippen LogP contribution in [0.1, 0.15) is 6.92 Å². The molecule has 0 saturated carbocycles. The van der Waals surface area contributed by atoms with E-state index in [1.807, 2.05) is 0 Å². The molecule has 1 aromatic heterocycles. The van der Waals surface area contributed by atoms with Crippen molar-refractivity contribution in [3.8, 4) is 0 Å². The molecule has 0 spiro atoms. The Morgan fingerprint density at radius 1 is 1.45 bits per heavy atom. The minimum atomic E-state index is -1.01. The van der Waals surface area contributed by atoms with Gasteiger partial charge in [-0.2, -0.15) is 0 Å². The molecule has 0 radical (unpaired) electrons. The number of carbonyl (C=O) groups is 1. The molecule has 7 nitrogen and oxygen atoms in total. The normalized spacial score (nSPS) is 23.0. The lowest BCUT2D eigenvalue weighted by atomic mass is 9.97. The number of amides is 1. The number of anilines is 1. The number of aliphatic hydroxyl groups is 1. The number of aliphatic hydroxyl groups excluding tert-OH is 1. The molecule has 1 amide bonds. The van der Waals surface area contributed by atoms with Gasteiger partial charge in [-0.05, 0) is 18.5 Å². The lowest BCUT2D eigenvalue weighted by molar-refractivity contribution is 0.0961. The van der Waals surface area contributed by atoms with Gasteiger partial charge in [0.05, 0.1) is 12.1 Å². The summed E-state index contributed by atoms with van der Waals surface area (Å²) in [4.78, 5) is 22.0. The third-order valence-electron chi connectivity index (χ3n) is 3.32. The average molecular weight is 321 g/mol. The van der Waals surface area contributed by atoms with Crippen molar-refractivity contribution in [2.75, 3.05) is 31.1 Å². The van der Waals surface area contributed by atoms with Gasteiger partial charge in [0.25, 0.3) is 0 Å². The zero-order chi connectivity index (χ0) is 14.9. The van der Waals surface area contributed by atoms with Crippen molar-refractivity contribution in [3.63, 3.8) is 0 Å². The van der Waals surface area contributed by atoms with Crippen LogP contribution in [-0.2, 0) is 0 Å². The zero-order valence-electron chi connectivity index (χ0n) is 10.8. The van der Waals surface area contributed by atoms with Gasteiger partial charge < -0.3 is 20.0 Å². The Balaban J connectivity index is 2.33.